The summed E-state index contributed by atoms with van der Waals surface area (Å²) in [6, 6.07) is 4.32. The van der Waals surface area contributed by atoms with Crippen molar-refractivity contribution in [3.8, 4) is 0 Å². The molecule has 0 saturated carbocycles. The van der Waals surface area contributed by atoms with Gasteiger partial charge in [0.15, 0.2) is 0 Å². The molecule has 2 N–H and O–H groups in total. The van der Waals surface area contributed by atoms with Crippen molar-refractivity contribution >= 4 is 28.9 Å². The van der Waals surface area contributed by atoms with Gasteiger partial charge in [-0.2, -0.15) is 13.2 Å². The number of anilines is 2. The van der Waals surface area contributed by atoms with Crippen LogP contribution in [0, 0.1) is 0 Å². The number of halogens is 4. The molecule has 0 radical (unpaired) electrons. The molecule has 0 spiro atoms. The molecule has 1 heterocycles. The van der Waals surface area contributed by atoms with Crippen molar-refractivity contribution < 1.29 is 18.0 Å². The summed E-state index contributed by atoms with van der Waals surface area (Å²) in [5.41, 5.74) is -0.171. The number of alkyl halides is 3. The van der Waals surface area contributed by atoms with Gasteiger partial charge in [-0.25, -0.2) is 0 Å². The topological polar surface area (TPSA) is 57.3 Å². The minimum Gasteiger partial charge on any atom is -0.382 e. The number of carbonyl (C=O) groups is 1. The Labute approximate surface area is 154 Å². The molecule has 0 bridgehead atoms. The summed E-state index contributed by atoms with van der Waals surface area (Å²) in [5, 5.41) is 5.52. The number of nitrogens with zero attached hydrogens (tertiary/aromatic N) is 2. The first-order chi connectivity index (χ1) is 12.2. The van der Waals surface area contributed by atoms with Crippen LogP contribution < -0.4 is 10.6 Å². The van der Waals surface area contributed by atoms with E-state index in [1.807, 2.05) is 19.0 Å². The van der Waals surface area contributed by atoms with Crippen molar-refractivity contribution in [3.05, 3.63) is 52.8 Å². The lowest BCUT2D eigenvalue weighted by atomic mass is 10.2. The van der Waals surface area contributed by atoms with Crippen molar-refractivity contribution in [2.24, 2.45) is 0 Å². The second kappa shape index (κ2) is 8.37. The second-order valence-corrected chi connectivity index (χ2v) is 6.25. The summed E-state index contributed by atoms with van der Waals surface area (Å²) in [4.78, 5) is 18.3. The summed E-state index contributed by atoms with van der Waals surface area (Å²) in [6.07, 6.45) is -1.64. The fourth-order valence-electron chi connectivity index (χ4n) is 2.08. The van der Waals surface area contributed by atoms with Gasteiger partial charge >= 0.3 is 6.18 Å². The first-order valence-electron chi connectivity index (χ1n) is 7.68. The lowest BCUT2D eigenvalue weighted by Gasteiger charge is -2.13. The molecule has 0 aliphatic rings. The van der Waals surface area contributed by atoms with Crippen LogP contribution in [0.3, 0.4) is 0 Å². The quantitative estimate of drug-likeness (QED) is 0.788. The van der Waals surface area contributed by atoms with Crippen LogP contribution in [0.1, 0.15) is 15.9 Å². The predicted molar refractivity (Wildman–Crippen MR) is 95.7 cm³/mol. The predicted octanol–water partition coefficient (Wildman–Crippen LogP) is 3.98. The molecule has 1 aromatic heterocycles. The first-order valence-corrected chi connectivity index (χ1v) is 8.06. The standard InChI is InChI=1S/C17H18ClF3N4O/c1-25(2)6-5-23-13-7-11(9-22-10-13)16(26)24-15-8-12(17(19,20)21)3-4-14(15)18/h3-4,7-10,23H,5-6H2,1-2H3,(H,24,26). The minimum absolute atomic E-state index is 0.0135. The molecule has 26 heavy (non-hydrogen) atoms. The van der Waals surface area contributed by atoms with Gasteiger partial charge < -0.3 is 15.5 Å². The number of pyridine rings is 1. The molecular weight excluding hydrogens is 369 g/mol. The number of benzene rings is 1. The maximum Gasteiger partial charge on any atom is 0.416 e. The highest BCUT2D eigenvalue weighted by molar-refractivity contribution is 6.34. The Kier molecular flexibility index (Phi) is 6.44. The number of hydrogen-bond donors (Lipinski definition) is 2. The molecule has 0 atom stereocenters. The van der Waals surface area contributed by atoms with Crippen LogP contribution in [-0.4, -0.2) is 43.0 Å². The monoisotopic (exact) mass is 386 g/mol. The minimum atomic E-state index is -4.53. The largest absolute Gasteiger partial charge is 0.416 e. The molecule has 2 aromatic rings. The molecule has 1 amide bonds. The molecule has 5 nitrogen and oxygen atoms in total. The maximum atomic E-state index is 12.8. The van der Waals surface area contributed by atoms with Crippen LogP contribution in [0.2, 0.25) is 5.02 Å². The molecule has 0 unspecified atom stereocenters. The van der Waals surface area contributed by atoms with E-state index in [0.717, 1.165) is 24.7 Å². The van der Waals surface area contributed by atoms with Gasteiger partial charge in [0.1, 0.15) is 0 Å². The Bertz CT molecular complexity index is 781. The Morgan fingerprint density at radius 3 is 2.62 bits per heavy atom. The summed E-state index contributed by atoms with van der Waals surface area (Å²) >= 11 is 5.89. The number of carbonyl (C=O) groups excluding carboxylic acids is 1. The van der Waals surface area contributed by atoms with E-state index in [-0.39, 0.29) is 16.3 Å². The van der Waals surface area contributed by atoms with Crippen LogP contribution >= 0.6 is 11.6 Å². The van der Waals surface area contributed by atoms with E-state index < -0.39 is 17.6 Å². The van der Waals surface area contributed by atoms with Gasteiger partial charge in [0.05, 0.1) is 27.5 Å². The number of amides is 1. The van der Waals surface area contributed by atoms with Crippen molar-refractivity contribution in [2.45, 2.75) is 6.18 Å². The van der Waals surface area contributed by atoms with E-state index in [0.29, 0.717) is 12.2 Å². The molecule has 0 fully saturated rings. The van der Waals surface area contributed by atoms with Gasteiger partial charge in [-0.3, -0.25) is 9.78 Å². The third-order valence-corrected chi connectivity index (χ3v) is 3.76. The lowest BCUT2D eigenvalue weighted by molar-refractivity contribution is -0.137. The van der Waals surface area contributed by atoms with Gasteiger partial charge in [0.2, 0.25) is 0 Å². The number of nitrogens with one attached hydrogen (secondary N) is 2. The molecular formula is C17H18ClF3N4O. The molecule has 2 rings (SSSR count). The van der Waals surface area contributed by atoms with Gasteiger partial charge in [-0.15, -0.1) is 0 Å². The summed E-state index contributed by atoms with van der Waals surface area (Å²) < 4.78 is 38.4. The average Bonchev–Trinajstić information content (AvgIpc) is 2.55. The lowest BCUT2D eigenvalue weighted by Crippen LogP contribution is -2.21. The van der Waals surface area contributed by atoms with Gasteiger partial charge in [0.25, 0.3) is 5.91 Å². The van der Waals surface area contributed by atoms with Gasteiger partial charge in [-0.1, -0.05) is 11.6 Å². The highest BCUT2D eigenvalue weighted by atomic mass is 35.5. The highest BCUT2D eigenvalue weighted by Crippen LogP contribution is 2.34. The van der Waals surface area contributed by atoms with Crippen molar-refractivity contribution in [2.75, 3.05) is 37.8 Å². The Morgan fingerprint density at radius 1 is 1.23 bits per heavy atom. The average molecular weight is 387 g/mol. The van der Waals surface area contributed by atoms with Gasteiger partial charge in [0, 0.05) is 25.5 Å². The Morgan fingerprint density at radius 2 is 1.96 bits per heavy atom. The number of likely N-dealkylation sites (N-methyl/N-ethyl adjacent to an activating group) is 1. The van der Waals surface area contributed by atoms with E-state index in [2.05, 4.69) is 15.6 Å². The van der Waals surface area contributed by atoms with E-state index >= 15 is 0 Å². The second-order valence-electron chi connectivity index (χ2n) is 5.84. The third-order valence-electron chi connectivity index (χ3n) is 3.43. The van der Waals surface area contributed by atoms with Crippen LogP contribution in [-0.2, 0) is 6.18 Å². The summed E-state index contributed by atoms with van der Waals surface area (Å²) in [7, 11) is 3.87. The Balaban J connectivity index is 2.13. The third kappa shape index (κ3) is 5.60. The summed E-state index contributed by atoms with van der Waals surface area (Å²) in [5.74, 6) is -0.602. The maximum absolute atomic E-state index is 12.8. The molecule has 9 heteroatoms. The van der Waals surface area contributed by atoms with Crippen molar-refractivity contribution in [1.82, 2.24) is 9.88 Å². The fourth-order valence-corrected chi connectivity index (χ4v) is 2.24. The zero-order valence-corrected chi connectivity index (χ0v) is 14.9. The van der Waals surface area contributed by atoms with Crippen LogP contribution in [0.25, 0.3) is 0 Å². The molecule has 140 valence electrons. The normalized spacial score (nSPS) is 11.5. The van der Waals surface area contributed by atoms with Crippen molar-refractivity contribution in [3.63, 3.8) is 0 Å². The SMILES string of the molecule is CN(C)CCNc1cncc(C(=O)Nc2cc(C(F)(F)F)ccc2Cl)c1. The smallest absolute Gasteiger partial charge is 0.382 e. The van der Waals surface area contributed by atoms with Crippen LogP contribution in [0.15, 0.2) is 36.7 Å². The summed E-state index contributed by atoms with van der Waals surface area (Å²) in [6.45, 7) is 1.44. The number of aromatic nitrogens is 1. The number of rotatable bonds is 6. The first kappa shape index (κ1) is 20.0. The number of hydrogen-bond acceptors (Lipinski definition) is 4. The fraction of sp³-hybridized carbons (Fsp3) is 0.294. The van der Waals surface area contributed by atoms with E-state index in [1.165, 1.54) is 6.20 Å². The molecule has 1 aromatic carbocycles. The molecule has 0 aliphatic heterocycles. The van der Waals surface area contributed by atoms with Crippen LogP contribution in [0.4, 0.5) is 24.5 Å². The van der Waals surface area contributed by atoms with Crippen molar-refractivity contribution in [1.29, 1.82) is 0 Å². The Hall–Kier alpha value is -2.32. The molecule has 0 saturated heterocycles. The van der Waals surface area contributed by atoms with E-state index in [1.54, 1.807) is 12.3 Å². The van der Waals surface area contributed by atoms with E-state index in [9.17, 15) is 18.0 Å². The van der Waals surface area contributed by atoms with Gasteiger partial charge in [-0.05, 0) is 38.4 Å². The zero-order chi connectivity index (χ0) is 19.3. The van der Waals surface area contributed by atoms with E-state index in [4.69, 9.17) is 11.6 Å². The molecule has 0 aliphatic carbocycles. The highest BCUT2D eigenvalue weighted by Gasteiger charge is 2.31. The van der Waals surface area contributed by atoms with Crippen LogP contribution in [0.5, 0.6) is 0 Å². The zero-order valence-electron chi connectivity index (χ0n) is 14.2.